The number of quaternary nitrogens is 1. The van der Waals surface area contributed by atoms with E-state index in [4.69, 9.17) is 0 Å². The zero-order valence-electron chi connectivity index (χ0n) is 14.9. The van der Waals surface area contributed by atoms with Crippen molar-refractivity contribution >= 4 is 27.5 Å². The molecule has 0 spiro atoms. The molecule has 0 aliphatic carbocycles. The summed E-state index contributed by atoms with van der Waals surface area (Å²) in [4.78, 5) is 15.8. The molecule has 1 heterocycles. The molecule has 3 rings (SSSR count). The van der Waals surface area contributed by atoms with Crippen LogP contribution in [0.5, 0.6) is 5.75 Å². The van der Waals surface area contributed by atoms with Gasteiger partial charge in [0.15, 0.2) is 6.54 Å². The molecule has 1 saturated heterocycles. The molecule has 1 fully saturated rings. The highest BCUT2D eigenvalue weighted by atomic mass is 79.9. The molecular formula is C20H25BrN3O2+. The van der Waals surface area contributed by atoms with Crippen LogP contribution in [0, 0.1) is 0 Å². The average Bonchev–Trinajstić information content (AvgIpc) is 2.63. The van der Waals surface area contributed by atoms with E-state index in [2.05, 4.69) is 26.1 Å². The van der Waals surface area contributed by atoms with E-state index in [-0.39, 0.29) is 11.9 Å². The van der Waals surface area contributed by atoms with Crippen LogP contribution >= 0.6 is 15.9 Å². The lowest BCUT2D eigenvalue weighted by Gasteiger charge is -2.33. The van der Waals surface area contributed by atoms with Crippen molar-refractivity contribution in [3.8, 4) is 5.75 Å². The maximum Gasteiger partial charge on any atom is 0.275 e. The lowest BCUT2D eigenvalue weighted by molar-refractivity contribution is -0.892. The number of anilines is 1. The summed E-state index contributed by atoms with van der Waals surface area (Å²) in [7, 11) is 0. The molecule has 138 valence electrons. The third-order valence-electron chi connectivity index (χ3n) is 4.85. The minimum atomic E-state index is -0.00226. The molecular weight excluding hydrogens is 394 g/mol. The van der Waals surface area contributed by atoms with Crippen molar-refractivity contribution < 1.29 is 14.8 Å². The van der Waals surface area contributed by atoms with Gasteiger partial charge in [-0.15, -0.1) is 0 Å². The van der Waals surface area contributed by atoms with Crippen LogP contribution in [0.1, 0.15) is 18.5 Å². The smallest absolute Gasteiger partial charge is 0.275 e. The van der Waals surface area contributed by atoms with E-state index >= 15 is 0 Å². The Kier molecular flexibility index (Phi) is 6.16. The minimum Gasteiger partial charge on any atom is -0.506 e. The number of rotatable bonds is 5. The van der Waals surface area contributed by atoms with Crippen LogP contribution < -0.4 is 15.1 Å². The van der Waals surface area contributed by atoms with E-state index in [0.717, 1.165) is 41.9 Å². The molecule has 2 aromatic rings. The fourth-order valence-corrected chi connectivity index (χ4v) is 3.59. The second-order valence-electron chi connectivity index (χ2n) is 6.74. The number of amides is 1. The number of carbonyl (C=O) groups excluding carboxylic acids is 1. The normalized spacial score (nSPS) is 16.3. The molecule has 3 N–H and O–H groups in total. The average molecular weight is 419 g/mol. The minimum absolute atomic E-state index is 0.00226. The molecule has 5 nitrogen and oxygen atoms in total. The molecule has 1 atom stereocenters. The monoisotopic (exact) mass is 418 g/mol. The Morgan fingerprint density at radius 2 is 1.85 bits per heavy atom. The number of carbonyl (C=O) groups is 1. The molecule has 0 bridgehead atoms. The highest BCUT2D eigenvalue weighted by Gasteiger charge is 2.24. The third kappa shape index (κ3) is 4.77. The zero-order valence-corrected chi connectivity index (χ0v) is 16.5. The SMILES string of the molecule is C[C@H](NC(=O)C[NH+]1CCN(c2ccccc2O)CC1)c1ccc(Br)cc1. The van der Waals surface area contributed by atoms with Gasteiger partial charge in [0.1, 0.15) is 5.75 Å². The van der Waals surface area contributed by atoms with E-state index in [1.54, 1.807) is 6.07 Å². The van der Waals surface area contributed by atoms with E-state index in [0.29, 0.717) is 12.3 Å². The Labute approximate surface area is 162 Å². The molecule has 1 aliphatic rings. The topological polar surface area (TPSA) is 57.0 Å². The molecule has 26 heavy (non-hydrogen) atoms. The van der Waals surface area contributed by atoms with Crippen molar-refractivity contribution in [1.29, 1.82) is 0 Å². The van der Waals surface area contributed by atoms with Crippen molar-refractivity contribution in [3.63, 3.8) is 0 Å². The quantitative estimate of drug-likeness (QED) is 0.692. The fourth-order valence-electron chi connectivity index (χ4n) is 3.33. The van der Waals surface area contributed by atoms with Crippen LogP contribution in [0.3, 0.4) is 0 Å². The second-order valence-corrected chi connectivity index (χ2v) is 7.66. The van der Waals surface area contributed by atoms with Gasteiger partial charge in [-0.1, -0.05) is 40.2 Å². The number of nitrogens with one attached hydrogen (secondary N) is 2. The van der Waals surface area contributed by atoms with Crippen molar-refractivity contribution in [3.05, 3.63) is 58.6 Å². The first-order valence-electron chi connectivity index (χ1n) is 8.94. The molecule has 0 radical (unpaired) electrons. The standard InChI is InChI=1S/C20H24BrN3O2/c1-15(16-6-8-17(21)9-7-16)22-20(26)14-23-10-12-24(13-11-23)18-4-2-3-5-19(18)25/h2-9,15,25H,10-14H2,1H3,(H,22,26)/p+1/t15-/m0/s1. The summed E-state index contributed by atoms with van der Waals surface area (Å²) in [5.74, 6) is 0.392. The first-order valence-corrected chi connectivity index (χ1v) is 9.73. The van der Waals surface area contributed by atoms with Gasteiger partial charge in [-0.3, -0.25) is 4.79 Å². The van der Waals surface area contributed by atoms with Crippen LogP contribution in [0.15, 0.2) is 53.0 Å². The highest BCUT2D eigenvalue weighted by Crippen LogP contribution is 2.25. The van der Waals surface area contributed by atoms with Crippen LogP contribution in [0.2, 0.25) is 0 Å². The predicted octanol–water partition coefficient (Wildman–Crippen LogP) is 1.74. The molecule has 6 heteroatoms. The summed E-state index contributed by atoms with van der Waals surface area (Å²) in [6.45, 7) is 5.93. The van der Waals surface area contributed by atoms with Gasteiger partial charge in [0.2, 0.25) is 0 Å². The molecule has 2 aromatic carbocycles. The van der Waals surface area contributed by atoms with Gasteiger partial charge in [0.05, 0.1) is 37.9 Å². The van der Waals surface area contributed by atoms with Crippen molar-refractivity contribution in [2.75, 3.05) is 37.6 Å². The van der Waals surface area contributed by atoms with E-state index in [1.807, 2.05) is 49.4 Å². The van der Waals surface area contributed by atoms with Gasteiger partial charge in [0, 0.05) is 4.47 Å². The number of aromatic hydroxyl groups is 1. The van der Waals surface area contributed by atoms with Crippen LogP contribution in [0.25, 0.3) is 0 Å². The fraction of sp³-hybridized carbons (Fsp3) is 0.350. The number of piperazine rings is 1. The number of benzene rings is 2. The van der Waals surface area contributed by atoms with Gasteiger partial charge >= 0.3 is 0 Å². The molecule has 0 saturated carbocycles. The number of hydrogen-bond acceptors (Lipinski definition) is 3. The summed E-state index contributed by atoms with van der Waals surface area (Å²) < 4.78 is 1.03. The van der Waals surface area contributed by atoms with Crippen LogP contribution in [-0.2, 0) is 4.79 Å². The molecule has 0 aromatic heterocycles. The highest BCUT2D eigenvalue weighted by molar-refractivity contribution is 9.10. The Morgan fingerprint density at radius 3 is 2.50 bits per heavy atom. The van der Waals surface area contributed by atoms with Gasteiger partial charge in [-0.05, 0) is 36.8 Å². The Bertz CT molecular complexity index is 743. The van der Waals surface area contributed by atoms with Gasteiger partial charge in [-0.25, -0.2) is 0 Å². The largest absolute Gasteiger partial charge is 0.506 e. The number of halogens is 1. The number of hydrogen-bond donors (Lipinski definition) is 3. The first kappa shape index (κ1) is 18.7. The summed E-state index contributed by atoms with van der Waals surface area (Å²) in [5, 5.41) is 13.1. The Balaban J connectivity index is 1.47. The Hall–Kier alpha value is -2.05. The van der Waals surface area contributed by atoms with E-state index in [1.165, 1.54) is 4.90 Å². The summed E-state index contributed by atoms with van der Waals surface area (Å²) in [5.41, 5.74) is 1.97. The van der Waals surface area contributed by atoms with Crippen molar-refractivity contribution in [2.45, 2.75) is 13.0 Å². The van der Waals surface area contributed by atoms with Gasteiger partial charge in [-0.2, -0.15) is 0 Å². The maximum absolute atomic E-state index is 12.4. The Morgan fingerprint density at radius 1 is 1.19 bits per heavy atom. The van der Waals surface area contributed by atoms with E-state index in [9.17, 15) is 9.90 Å². The van der Waals surface area contributed by atoms with Crippen molar-refractivity contribution in [1.82, 2.24) is 5.32 Å². The third-order valence-corrected chi connectivity index (χ3v) is 5.38. The maximum atomic E-state index is 12.4. The number of nitrogens with zero attached hydrogens (tertiary/aromatic N) is 1. The number of phenols is 1. The summed E-state index contributed by atoms with van der Waals surface area (Å²) in [6.07, 6.45) is 0. The second kappa shape index (κ2) is 8.56. The van der Waals surface area contributed by atoms with Crippen LogP contribution in [-0.4, -0.2) is 43.7 Å². The van der Waals surface area contributed by atoms with Gasteiger partial charge in [0.25, 0.3) is 5.91 Å². The van der Waals surface area contributed by atoms with E-state index < -0.39 is 0 Å². The lowest BCUT2D eigenvalue weighted by atomic mass is 10.1. The first-order chi connectivity index (χ1) is 12.5. The van der Waals surface area contributed by atoms with Gasteiger partial charge < -0.3 is 20.2 Å². The lowest BCUT2D eigenvalue weighted by Crippen LogP contribution is -3.15. The molecule has 1 amide bonds. The molecule has 0 unspecified atom stereocenters. The summed E-state index contributed by atoms with van der Waals surface area (Å²) in [6, 6.07) is 15.4. The predicted molar refractivity (Wildman–Crippen MR) is 107 cm³/mol. The van der Waals surface area contributed by atoms with Crippen LogP contribution in [0.4, 0.5) is 5.69 Å². The zero-order chi connectivity index (χ0) is 18.5. The summed E-state index contributed by atoms with van der Waals surface area (Å²) >= 11 is 3.43. The number of para-hydroxylation sites is 2. The molecule has 1 aliphatic heterocycles. The number of phenolic OH excluding ortho intramolecular Hbond substituents is 1. The van der Waals surface area contributed by atoms with Crippen molar-refractivity contribution in [2.24, 2.45) is 0 Å².